The molecular weight excluding hydrogens is 296 g/mol. The molecule has 1 saturated carbocycles. The van der Waals surface area contributed by atoms with Crippen LogP contribution in [0.2, 0.25) is 0 Å². The minimum atomic E-state index is -0.446. The van der Waals surface area contributed by atoms with Crippen molar-refractivity contribution in [2.45, 2.75) is 51.6 Å². The Morgan fingerprint density at radius 1 is 1.43 bits per heavy atom. The quantitative estimate of drug-likeness (QED) is 0.831. The van der Waals surface area contributed by atoms with Crippen LogP contribution in [0.1, 0.15) is 67.1 Å². The van der Waals surface area contributed by atoms with Crippen LogP contribution in [-0.4, -0.2) is 30.6 Å². The van der Waals surface area contributed by atoms with Gasteiger partial charge in [-0.3, -0.25) is 9.59 Å². The molecule has 8 nitrogen and oxygen atoms in total. The summed E-state index contributed by atoms with van der Waals surface area (Å²) >= 11 is 0. The summed E-state index contributed by atoms with van der Waals surface area (Å²) in [5.74, 6) is 1.25. The van der Waals surface area contributed by atoms with Crippen molar-refractivity contribution in [1.82, 2.24) is 30.0 Å². The highest BCUT2D eigenvalue weighted by Gasteiger charge is 2.27. The van der Waals surface area contributed by atoms with Gasteiger partial charge in [-0.15, -0.1) is 0 Å². The van der Waals surface area contributed by atoms with Gasteiger partial charge in [0.25, 0.3) is 11.5 Å². The van der Waals surface area contributed by atoms with Crippen LogP contribution in [0.15, 0.2) is 17.3 Å². The van der Waals surface area contributed by atoms with Crippen LogP contribution >= 0.6 is 0 Å². The largest absolute Gasteiger partial charge is 0.342 e. The number of aryl methyl sites for hydroxylation is 1. The average molecular weight is 316 g/mol. The Hall–Kier alpha value is -2.51. The van der Waals surface area contributed by atoms with Crippen LogP contribution in [0, 0.1) is 0 Å². The first-order valence-electron chi connectivity index (χ1n) is 7.91. The molecule has 0 bridgehead atoms. The number of carbonyl (C=O) groups is 1. The lowest BCUT2D eigenvalue weighted by molar-refractivity contribution is 0.0930. The summed E-state index contributed by atoms with van der Waals surface area (Å²) in [5, 5.41) is 6.96. The Morgan fingerprint density at radius 3 is 2.83 bits per heavy atom. The number of H-pyrrole nitrogens is 1. The van der Waals surface area contributed by atoms with Crippen LogP contribution in [0.25, 0.3) is 0 Å². The van der Waals surface area contributed by atoms with Crippen molar-refractivity contribution < 1.29 is 4.79 Å². The van der Waals surface area contributed by atoms with Gasteiger partial charge in [0.15, 0.2) is 0 Å². The van der Waals surface area contributed by atoms with E-state index in [4.69, 9.17) is 0 Å². The normalized spacial score (nSPS) is 15.4. The van der Waals surface area contributed by atoms with Gasteiger partial charge < -0.3 is 10.3 Å². The highest BCUT2D eigenvalue weighted by Crippen LogP contribution is 2.37. The predicted molar refractivity (Wildman–Crippen MR) is 83.0 cm³/mol. The third-order valence-corrected chi connectivity index (χ3v) is 4.00. The van der Waals surface area contributed by atoms with E-state index in [0.29, 0.717) is 30.5 Å². The summed E-state index contributed by atoms with van der Waals surface area (Å²) < 4.78 is 1.73. The van der Waals surface area contributed by atoms with Gasteiger partial charge in [0.05, 0.1) is 6.04 Å². The summed E-state index contributed by atoms with van der Waals surface area (Å²) in [5.41, 5.74) is -0.373. The molecule has 1 aliphatic carbocycles. The fraction of sp³-hybridized carbons (Fsp3) is 0.533. The maximum Gasteiger partial charge on any atom is 0.263 e. The second-order valence-corrected chi connectivity index (χ2v) is 5.65. The van der Waals surface area contributed by atoms with E-state index >= 15 is 0 Å². The lowest BCUT2D eigenvalue weighted by atomic mass is 10.2. The van der Waals surface area contributed by atoms with Crippen molar-refractivity contribution in [3.8, 4) is 0 Å². The fourth-order valence-electron chi connectivity index (χ4n) is 2.51. The number of nitrogens with one attached hydrogen (secondary N) is 2. The minimum Gasteiger partial charge on any atom is -0.342 e. The predicted octanol–water partition coefficient (Wildman–Crippen LogP) is 1.14. The number of rotatable bonds is 6. The van der Waals surface area contributed by atoms with E-state index in [1.165, 1.54) is 12.5 Å². The van der Waals surface area contributed by atoms with E-state index in [-0.39, 0.29) is 11.6 Å². The molecule has 2 heterocycles. The van der Waals surface area contributed by atoms with Gasteiger partial charge in [-0.25, -0.2) is 14.6 Å². The molecule has 8 heteroatoms. The van der Waals surface area contributed by atoms with E-state index in [9.17, 15) is 9.59 Å². The van der Waals surface area contributed by atoms with E-state index in [1.54, 1.807) is 4.68 Å². The first kappa shape index (κ1) is 15.4. The van der Waals surface area contributed by atoms with Crippen molar-refractivity contribution in [3.63, 3.8) is 0 Å². The van der Waals surface area contributed by atoms with Crippen molar-refractivity contribution in [2.24, 2.45) is 0 Å². The van der Waals surface area contributed by atoms with Gasteiger partial charge in [0, 0.05) is 18.7 Å². The van der Waals surface area contributed by atoms with Gasteiger partial charge in [-0.05, 0) is 26.2 Å². The minimum absolute atomic E-state index is 0.0235. The second kappa shape index (κ2) is 6.31. The second-order valence-electron chi connectivity index (χ2n) is 5.65. The molecule has 1 aliphatic rings. The molecule has 1 unspecified atom stereocenters. The van der Waals surface area contributed by atoms with Gasteiger partial charge in [-0.1, -0.05) is 6.92 Å². The van der Waals surface area contributed by atoms with Crippen LogP contribution in [0.5, 0.6) is 0 Å². The summed E-state index contributed by atoms with van der Waals surface area (Å²) in [6.45, 7) is 4.57. The molecule has 0 saturated heterocycles. The lowest BCUT2D eigenvalue weighted by Crippen LogP contribution is -2.34. The van der Waals surface area contributed by atoms with E-state index in [2.05, 4.69) is 25.4 Å². The summed E-state index contributed by atoms with van der Waals surface area (Å²) in [6, 6.07) is -0.299. The van der Waals surface area contributed by atoms with Gasteiger partial charge in [0.2, 0.25) is 0 Å². The van der Waals surface area contributed by atoms with Crippen LogP contribution < -0.4 is 10.9 Å². The molecular formula is C15H20N6O2. The van der Waals surface area contributed by atoms with Gasteiger partial charge in [0.1, 0.15) is 23.5 Å². The molecule has 122 valence electrons. The number of amides is 1. The van der Waals surface area contributed by atoms with E-state index in [0.717, 1.165) is 12.8 Å². The number of aromatic nitrogens is 5. The molecule has 0 radical (unpaired) electrons. The van der Waals surface area contributed by atoms with Gasteiger partial charge in [-0.2, -0.15) is 5.10 Å². The zero-order valence-electron chi connectivity index (χ0n) is 13.2. The lowest BCUT2D eigenvalue weighted by Gasteiger charge is -2.16. The molecule has 2 N–H and O–H groups in total. The SMILES string of the molecule is CCC(NC(=O)c1cnc(C2CC2)[nH]c1=O)c1ncnn1CC. The van der Waals surface area contributed by atoms with Gasteiger partial charge >= 0.3 is 0 Å². The zero-order valence-corrected chi connectivity index (χ0v) is 13.2. The van der Waals surface area contributed by atoms with Crippen molar-refractivity contribution in [3.05, 3.63) is 40.1 Å². The maximum atomic E-state index is 12.4. The van der Waals surface area contributed by atoms with Crippen molar-refractivity contribution >= 4 is 5.91 Å². The standard InChI is InChI=1S/C15H20N6O2/c1-3-11(13-17-8-18-21(13)4-2)19-14(22)10-7-16-12(9-5-6-9)20-15(10)23/h7-9,11H,3-6H2,1-2H3,(H,19,22)(H,16,20,23). The highest BCUT2D eigenvalue weighted by atomic mass is 16.2. The average Bonchev–Trinajstić information content (AvgIpc) is 3.30. The van der Waals surface area contributed by atoms with E-state index in [1.807, 2.05) is 13.8 Å². The molecule has 1 fully saturated rings. The molecule has 0 aliphatic heterocycles. The number of hydrogen-bond donors (Lipinski definition) is 2. The summed E-state index contributed by atoms with van der Waals surface area (Å²) in [6.07, 6.45) is 5.56. The Balaban J connectivity index is 1.78. The van der Waals surface area contributed by atoms with Crippen LogP contribution in [0.4, 0.5) is 0 Å². The highest BCUT2D eigenvalue weighted by molar-refractivity contribution is 5.93. The van der Waals surface area contributed by atoms with Crippen LogP contribution in [0.3, 0.4) is 0 Å². The first-order valence-corrected chi connectivity index (χ1v) is 7.91. The number of hydrogen-bond acceptors (Lipinski definition) is 5. The third-order valence-electron chi connectivity index (χ3n) is 4.00. The topological polar surface area (TPSA) is 106 Å². The van der Waals surface area contributed by atoms with Crippen molar-refractivity contribution in [2.75, 3.05) is 0 Å². The molecule has 1 atom stereocenters. The molecule has 2 aromatic heterocycles. The van der Waals surface area contributed by atoms with Crippen molar-refractivity contribution in [1.29, 1.82) is 0 Å². The smallest absolute Gasteiger partial charge is 0.263 e. The number of aromatic amines is 1. The first-order chi connectivity index (χ1) is 11.1. The molecule has 0 aromatic carbocycles. The summed E-state index contributed by atoms with van der Waals surface area (Å²) in [4.78, 5) is 35.6. The summed E-state index contributed by atoms with van der Waals surface area (Å²) in [7, 11) is 0. The Labute approximate surface area is 133 Å². The number of nitrogens with zero attached hydrogens (tertiary/aromatic N) is 4. The zero-order chi connectivity index (χ0) is 16.4. The maximum absolute atomic E-state index is 12.4. The Bertz CT molecular complexity index is 761. The molecule has 23 heavy (non-hydrogen) atoms. The van der Waals surface area contributed by atoms with E-state index < -0.39 is 11.5 Å². The number of carbonyl (C=O) groups excluding carboxylic acids is 1. The fourth-order valence-corrected chi connectivity index (χ4v) is 2.51. The molecule has 2 aromatic rings. The third kappa shape index (κ3) is 3.15. The Kier molecular flexibility index (Phi) is 4.22. The molecule has 0 spiro atoms. The molecule has 3 rings (SSSR count). The molecule has 1 amide bonds. The Morgan fingerprint density at radius 2 is 2.22 bits per heavy atom. The van der Waals surface area contributed by atoms with Crippen LogP contribution in [-0.2, 0) is 6.54 Å². The monoisotopic (exact) mass is 316 g/mol.